The molecule has 0 aromatic carbocycles. The Labute approximate surface area is 142 Å². The molecule has 1 aliphatic heterocycles. The zero-order valence-electron chi connectivity index (χ0n) is 14.2. The number of hydrogen-bond donors (Lipinski definition) is 1. The molecule has 1 atom stereocenters. The van der Waals surface area contributed by atoms with Gasteiger partial charge in [0, 0.05) is 25.4 Å². The monoisotopic (exact) mass is 355 g/mol. The maximum Gasteiger partial charge on any atom is 0.250 e. The van der Waals surface area contributed by atoms with E-state index < -0.39 is 16.1 Å². The van der Waals surface area contributed by atoms with E-state index in [2.05, 4.69) is 5.32 Å². The Bertz CT molecular complexity index is 742. The minimum atomic E-state index is -3.42. The van der Waals surface area contributed by atoms with E-state index in [1.165, 1.54) is 14.9 Å². The predicted molar refractivity (Wildman–Crippen MR) is 93.4 cm³/mol. The van der Waals surface area contributed by atoms with Gasteiger partial charge < -0.3 is 9.88 Å². The van der Waals surface area contributed by atoms with Crippen LogP contribution < -0.4 is 10.9 Å². The second-order valence-corrected chi connectivity index (χ2v) is 8.01. The molecule has 1 amide bonds. The summed E-state index contributed by atoms with van der Waals surface area (Å²) >= 11 is 0. The quantitative estimate of drug-likeness (QED) is 0.835. The lowest BCUT2D eigenvalue weighted by atomic mass is 10.0. The maximum atomic E-state index is 12.6. The first-order chi connectivity index (χ1) is 11.4. The molecule has 2 heterocycles. The van der Waals surface area contributed by atoms with Crippen molar-refractivity contribution >= 4 is 21.6 Å². The smallest absolute Gasteiger partial charge is 0.250 e. The van der Waals surface area contributed by atoms with Crippen LogP contribution in [-0.2, 0) is 21.4 Å². The molecule has 7 nitrogen and oxygen atoms in total. The van der Waals surface area contributed by atoms with Crippen LogP contribution >= 0.6 is 0 Å². The van der Waals surface area contributed by atoms with Crippen LogP contribution in [0, 0.1) is 0 Å². The van der Waals surface area contributed by atoms with Gasteiger partial charge in [-0.15, -0.1) is 0 Å². The number of nitrogens with zero attached hydrogens (tertiary/aromatic N) is 2. The third-order valence-electron chi connectivity index (χ3n) is 4.17. The molecule has 0 saturated carbocycles. The van der Waals surface area contributed by atoms with Gasteiger partial charge in [0.1, 0.15) is 6.04 Å². The number of aryl methyl sites for hydroxylation is 1. The van der Waals surface area contributed by atoms with Crippen LogP contribution in [0.2, 0.25) is 0 Å². The zero-order chi connectivity index (χ0) is 17.7. The van der Waals surface area contributed by atoms with Crippen molar-refractivity contribution in [3.63, 3.8) is 0 Å². The Kier molecular flexibility index (Phi) is 6.17. The van der Waals surface area contributed by atoms with E-state index in [9.17, 15) is 18.0 Å². The Balaban J connectivity index is 2.19. The van der Waals surface area contributed by atoms with Gasteiger partial charge in [-0.2, -0.15) is 4.31 Å². The molecule has 2 rings (SSSR count). The average Bonchev–Trinajstić information content (AvgIpc) is 2.56. The molecule has 0 aliphatic carbocycles. The highest BCUT2D eigenvalue weighted by Crippen LogP contribution is 2.22. The number of anilines is 1. The first kappa shape index (κ1) is 18.7. The standard InChI is InChI=1S/C16H25N3O4S/c1-3-11-24(22,23)19-10-6-5-7-14(19)16(21)17-13-8-9-15(20)18(4-2)12-13/h8-9,12,14H,3-7,10-11H2,1-2H3,(H,17,21). The third-order valence-corrected chi connectivity index (χ3v) is 6.24. The van der Waals surface area contributed by atoms with Gasteiger partial charge in [-0.1, -0.05) is 13.3 Å². The molecule has 1 aliphatic rings. The first-order valence-electron chi connectivity index (χ1n) is 8.40. The fourth-order valence-corrected chi connectivity index (χ4v) is 4.70. The summed E-state index contributed by atoms with van der Waals surface area (Å²) in [7, 11) is -3.42. The molecular weight excluding hydrogens is 330 g/mol. The highest BCUT2D eigenvalue weighted by molar-refractivity contribution is 7.89. The SMILES string of the molecule is CCCS(=O)(=O)N1CCCCC1C(=O)Nc1ccc(=O)n(CC)c1. The van der Waals surface area contributed by atoms with Crippen molar-refractivity contribution in [2.75, 3.05) is 17.6 Å². The molecule has 24 heavy (non-hydrogen) atoms. The summed E-state index contributed by atoms with van der Waals surface area (Å²) in [5.74, 6) is -0.284. The van der Waals surface area contributed by atoms with Gasteiger partial charge in [0.15, 0.2) is 0 Å². The second-order valence-electron chi connectivity index (χ2n) is 5.97. The van der Waals surface area contributed by atoms with Gasteiger partial charge in [-0.3, -0.25) is 9.59 Å². The fourth-order valence-electron chi connectivity index (χ4n) is 2.95. The van der Waals surface area contributed by atoms with Crippen LogP contribution in [0.4, 0.5) is 5.69 Å². The van der Waals surface area contributed by atoms with Crippen LogP contribution in [-0.4, -0.2) is 41.5 Å². The predicted octanol–water partition coefficient (Wildman–Crippen LogP) is 1.40. The second kappa shape index (κ2) is 7.94. The van der Waals surface area contributed by atoms with Gasteiger partial charge in [-0.25, -0.2) is 8.42 Å². The van der Waals surface area contributed by atoms with Gasteiger partial charge in [0.05, 0.1) is 11.4 Å². The van der Waals surface area contributed by atoms with Crippen LogP contribution in [0.25, 0.3) is 0 Å². The van der Waals surface area contributed by atoms with Crippen LogP contribution in [0.1, 0.15) is 39.5 Å². The number of sulfonamides is 1. The number of amides is 1. The number of piperidine rings is 1. The molecule has 1 aromatic heterocycles. The molecule has 134 valence electrons. The highest BCUT2D eigenvalue weighted by atomic mass is 32.2. The summed E-state index contributed by atoms with van der Waals surface area (Å²) in [5.41, 5.74) is 0.361. The van der Waals surface area contributed by atoms with E-state index in [1.54, 1.807) is 12.3 Å². The van der Waals surface area contributed by atoms with E-state index in [0.29, 0.717) is 31.6 Å². The van der Waals surface area contributed by atoms with Crippen molar-refractivity contribution in [2.24, 2.45) is 0 Å². The van der Waals surface area contributed by atoms with Gasteiger partial charge in [-0.05, 0) is 32.3 Å². The summed E-state index contributed by atoms with van der Waals surface area (Å²) < 4.78 is 27.6. The number of rotatable bonds is 6. The van der Waals surface area contributed by atoms with E-state index in [0.717, 1.165) is 12.8 Å². The van der Waals surface area contributed by atoms with E-state index >= 15 is 0 Å². The topological polar surface area (TPSA) is 88.5 Å². The van der Waals surface area contributed by atoms with Crippen molar-refractivity contribution in [3.8, 4) is 0 Å². The first-order valence-corrected chi connectivity index (χ1v) is 10.0. The Morgan fingerprint density at radius 2 is 2.04 bits per heavy atom. The molecule has 8 heteroatoms. The highest BCUT2D eigenvalue weighted by Gasteiger charge is 2.36. The zero-order valence-corrected chi connectivity index (χ0v) is 15.0. The normalized spacial score (nSPS) is 19.2. The summed E-state index contributed by atoms with van der Waals surface area (Å²) in [6.45, 7) is 4.54. The summed E-state index contributed by atoms with van der Waals surface area (Å²) in [5, 5.41) is 2.75. The largest absolute Gasteiger partial charge is 0.323 e. The lowest BCUT2D eigenvalue weighted by Gasteiger charge is -2.33. The molecule has 1 aromatic rings. The minimum absolute atomic E-state index is 0.0531. The van der Waals surface area contributed by atoms with Crippen LogP contribution in [0.3, 0.4) is 0 Å². The van der Waals surface area contributed by atoms with Gasteiger partial charge in [0.25, 0.3) is 5.56 Å². The molecule has 0 spiro atoms. The lowest BCUT2D eigenvalue weighted by Crippen LogP contribution is -2.50. The molecule has 1 saturated heterocycles. The number of carbonyl (C=O) groups excluding carboxylic acids is 1. The van der Waals surface area contributed by atoms with Crippen molar-refractivity contribution in [2.45, 2.75) is 52.1 Å². The van der Waals surface area contributed by atoms with E-state index in [4.69, 9.17) is 0 Å². The number of nitrogens with one attached hydrogen (secondary N) is 1. The van der Waals surface area contributed by atoms with Gasteiger partial charge in [0.2, 0.25) is 15.9 Å². The maximum absolute atomic E-state index is 12.6. The Morgan fingerprint density at radius 3 is 2.71 bits per heavy atom. The van der Waals surface area contributed by atoms with Crippen molar-refractivity contribution in [1.82, 2.24) is 8.87 Å². The van der Waals surface area contributed by atoms with Crippen molar-refractivity contribution in [3.05, 3.63) is 28.7 Å². The third kappa shape index (κ3) is 4.24. The van der Waals surface area contributed by atoms with Crippen LogP contribution in [0.15, 0.2) is 23.1 Å². The van der Waals surface area contributed by atoms with Crippen molar-refractivity contribution in [1.29, 1.82) is 0 Å². The summed E-state index contributed by atoms with van der Waals surface area (Å²) in [4.78, 5) is 24.2. The molecular formula is C16H25N3O4S. The molecule has 0 bridgehead atoms. The molecule has 1 fully saturated rings. The average molecular weight is 355 g/mol. The molecule has 0 radical (unpaired) electrons. The Morgan fingerprint density at radius 1 is 1.29 bits per heavy atom. The summed E-state index contributed by atoms with van der Waals surface area (Å²) in [6, 6.07) is 2.25. The van der Waals surface area contributed by atoms with E-state index in [1.807, 2.05) is 13.8 Å². The van der Waals surface area contributed by atoms with E-state index in [-0.39, 0.29) is 17.2 Å². The molecule has 1 N–H and O–H groups in total. The number of hydrogen-bond acceptors (Lipinski definition) is 4. The Hall–Kier alpha value is -1.67. The number of carbonyl (C=O) groups is 1. The minimum Gasteiger partial charge on any atom is -0.323 e. The van der Waals surface area contributed by atoms with Crippen molar-refractivity contribution < 1.29 is 13.2 Å². The fraction of sp³-hybridized carbons (Fsp3) is 0.625. The number of pyridine rings is 1. The van der Waals surface area contributed by atoms with Crippen LogP contribution in [0.5, 0.6) is 0 Å². The lowest BCUT2D eigenvalue weighted by molar-refractivity contribution is -0.120. The molecule has 1 unspecified atom stereocenters. The van der Waals surface area contributed by atoms with Gasteiger partial charge >= 0.3 is 0 Å². The number of aromatic nitrogens is 1. The summed E-state index contributed by atoms with van der Waals surface area (Å²) in [6.07, 6.45) is 4.21.